The average Bonchev–Trinajstić information content (AvgIpc) is 3.03. The molecule has 0 aliphatic carbocycles. The fraction of sp³-hybridized carbons (Fsp3) is 0.381. The van der Waals surface area contributed by atoms with Crippen molar-refractivity contribution < 1.29 is 19.0 Å². The van der Waals surface area contributed by atoms with Crippen LogP contribution in [0.2, 0.25) is 0 Å². The second-order valence-corrected chi connectivity index (χ2v) is 7.32. The molecule has 2 heterocycles. The summed E-state index contributed by atoms with van der Waals surface area (Å²) in [6, 6.07) is 6.86. The normalized spacial score (nSPS) is 14.3. The Labute approximate surface area is 151 Å². The first-order valence-corrected chi connectivity index (χ1v) is 8.75. The van der Waals surface area contributed by atoms with Gasteiger partial charge < -0.3 is 19.0 Å². The highest BCUT2D eigenvalue weighted by Gasteiger charge is 2.23. The van der Waals surface area contributed by atoms with Crippen LogP contribution in [0.4, 0.5) is 0 Å². The molecule has 2 N–H and O–H groups in total. The van der Waals surface area contributed by atoms with E-state index in [0.29, 0.717) is 30.4 Å². The molecule has 0 saturated carbocycles. The molecule has 2 aromatic heterocycles. The van der Waals surface area contributed by atoms with Gasteiger partial charge in [0.05, 0.1) is 18.0 Å². The van der Waals surface area contributed by atoms with Gasteiger partial charge in [-0.3, -0.25) is 0 Å². The molecule has 0 aliphatic rings. The monoisotopic (exact) mass is 356 g/mol. The molecule has 0 saturated heterocycles. The van der Waals surface area contributed by atoms with E-state index in [1.807, 2.05) is 13.0 Å². The maximum atomic E-state index is 11.5. The lowest BCUT2D eigenvalue weighted by atomic mass is 9.95. The first kappa shape index (κ1) is 18.4. The number of benzene rings is 1. The molecular weight excluding hydrogens is 332 g/mol. The highest BCUT2D eigenvalue weighted by molar-refractivity contribution is 5.97. The molecule has 0 fully saturated rings. The Hall–Kier alpha value is -2.37. The van der Waals surface area contributed by atoms with Crippen molar-refractivity contribution >= 4 is 21.9 Å². The number of aliphatic hydroxyl groups excluding tert-OH is 1. The van der Waals surface area contributed by atoms with Gasteiger partial charge in [0.2, 0.25) is 0 Å². The maximum Gasteiger partial charge on any atom is 0.336 e. The number of hydrogen-bond acceptors (Lipinski definition) is 5. The highest BCUT2D eigenvalue weighted by atomic mass is 16.4. The third kappa shape index (κ3) is 3.89. The number of rotatable bonds is 6. The van der Waals surface area contributed by atoms with Gasteiger partial charge in [-0.15, -0.1) is 0 Å². The summed E-state index contributed by atoms with van der Waals surface area (Å²) < 4.78 is 10.8. The summed E-state index contributed by atoms with van der Waals surface area (Å²) in [4.78, 5) is 11.5. The van der Waals surface area contributed by atoms with E-state index in [9.17, 15) is 15.0 Å². The molecule has 1 unspecified atom stereocenters. The topological polar surface area (TPSA) is 83.8 Å². The summed E-state index contributed by atoms with van der Waals surface area (Å²) in [7, 11) is 0. The number of furan rings is 1. The number of hydrogen-bond donors (Lipinski definition) is 2. The molecule has 0 aliphatic heterocycles. The highest BCUT2D eigenvalue weighted by Crippen LogP contribution is 2.29. The number of fused-ring (bicyclic) bond motifs is 2. The van der Waals surface area contributed by atoms with E-state index in [2.05, 4.69) is 6.08 Å². The van der Waals surface area contributed by atoms with Crippen LogP contribution in [0, 0.1) is 0 Å². The van der Waals surface area contributed by atoms with Gasteiger partial charge in [-0.25, -0.2) is 4.79 Å². The second kappa shape index (κ2) is 7.09. The molecule has 5 heteroatoms. The zero-order valence-corrected chi connectivity index (χ0v) is 15.3. The van der Waals surface area contributed by atoms with Gasteiger partial charge in [0.15, 0.2) is 0 Å². The van der Waals surface area contributed by atoms with Crippen molar-refractivity contribution in [3.05, 3.63) is 58.2 Å². The lowest BCUT2D eigenvalue weighted by Crippen LogP contribution is -2.35. The molecule has 5 nitrogen and oxygen atoms in total. The van der Waals surface area contributed by atoms with Crippen LogP contribution in [-0.2, 0) is 6.42 Å². The quantitative estimate of drug-likeness (QED) is 0.516. The van der Waals surface area contributed by atoms with E-state index in [-0.39, 0.29) is 5.63 Å². The lowest BCUT2D eigenvalue weighted by Gasteiger charge is -2.24. The smallest absolute Gasteiger partial charge is 0.336 e. The Morgan fingerprint density at radius 1 is 1.23 bits per heavy atom. The maximum absolute atomic E-state index is 11.5. The average molecular weight is 356 g/mol. The van der Waals surface area contributed by atoms with Gasteiger partial charge in [0.1, 0.15) is 11.2 Å². The van der Waals surface area contributed by atoms with Gasteiger partial charge in [0.25, 0.3) is 0 Å². The van der Waals surface area contributed by atoms with Crippen molar-refractivity contribution in [1.82, 2.24) is 0 Å². The Balaban J connectivity index is 1.87. The molecule has 138 valence electrons. The SMILES string of the molecule is C/C(=C\Cc1c2ccoc2cc2oc(=O)ccc12)CCC(O)C(C)(C)O. The molecule has 3 aromatic rings. The van der Waals surface area contributed by atoms with Crippen LogP contribution in [-0.4, -0.2) is 21.9 Å². The Morgan fingerprint density at radius 2 is 1.96 bits per heavy atom. The van der Waals surface area contributed by atoms with E-state index in [1.54, 1.807) is 32.2 Å². The van der Waals surface area contributed by atoms with Gasteiger partial charge in [-0.1, -0.05) is 11.6 Å². The van der Waals surface area contributed by atoms with E-state index < -0.39 is 11.7 Å². The van der Waals surface area contributed by atoms with Crippen LogP contribution in [0.25, 0.3) is 21.9 Å². The minimum absolute atomic E-state index is 0.387. The van der Waals surface area contributed by atoms with Gasteiger partial charge in [0, 0.05) is 22.9 Å². The largest absolute Gasteiger partial charge is 0.464 e. The summed E-state index contributed by atoms with van der Waals surface area (Å²) in [5.41, 5.74) is 1.87. The van der Waals surface area contributed by atoms with Crippen LogP contribution >= 0.6 is 0 Å². The van der Waals surface area contributed by atoms with Crippen molar-refractivity contribution in [2.24, 2.45) is 0 Å². The predicted molar refractivity (Wildman–Crippen MR) is 101 cm³/mol. The van der Waals surface area contributed by atoms with Crippen molar-refractivity contribution in [3.63, 3.8) is 0 Å². The molecule has 1 atom stereocenters. The zero-order chi connectivity index (χ0) is 18.9. The van der Waals surface area contributed by atoms with Crippen LogP contribution in [0.15, 0.2) is 55.8 Å². The molecule has 26 heavy (non-hydrogen) atoms. The zero-order valence-electron chi connectivity index (χ0n) is 15.3. The Bertz CT molecular complexity index is 1000. The fourth-order valence-corrected chi connectivity index (χ4v) is 3.05. The molecule has 0 spiro atoms. The summed E-state index contributed by atoms with van der Waals surface area (Å²) >= 11 is 0. The van der Waals surface area contributed by atoms with E-state index >= 15 is 0 Å². The number of allylic oxidation sites excluding steroid dienone is 2. The molecule has 3 rings (SSSR count). The van der Waals surface area contributed by atoms with Gasteiger partial charge in [-0.2, -0.15) is 0 Å². The molecule has 0 bridgehead atoms. The first-order valence-electron chi connectivity index (χ1n) is 8.75. The minimum Gasteiger partial charge on any atom is -0.464 e. The third-order valence-electron chi connectivity index (χ3n) is 4.75. The summed E-state index contributed by atoms with van der Waals surface area (Å²) in [5.74, 6) is 0. The molecular formula is C21H24O5. The molecule has 1 aromatic carbocycles. The number of aliphatic hydroxyl groups is 2. The van der Waals surface area contributed by atoms with Gasteiger partial charge in [-0.05, 0) is 57.7 Å². The minimum atomic E-state index is -1.10. The van der Waals surface area contributed by atoms with Crippen molar-refractivity contribution in [2.45, 2.75) is 51.7 Å². The molecule has 0 radical (unpaired) electrons. The third-order valence-corrected chi connectivity index (χ3v) is 4.75. The summed E-state index contributed by atoms with van der Waals surface area (Å²) in [5, 5.41) is 21.7. The van der Waals surface area contributed by atoms with Crippen LogP contribution in [0.5, 0.6) is 0 Å². The standard InChI is InChI=1S/C21H24O5/c1-13(5-8-19(22)21(2,3)24)4-6-14-15-7-9-20(23)26-18(15)12-17-16(14)10-11-25-17/h4,7,9-12,19,22,24H,5-6,8H2,1-3H3/b13-4+. The first-order chi connectivity index (χ1) is 12.3. The Kier molecular flexibility index (Phi) is 5.03. The van der Waals surface area contributed by atoms with Crippen LogP contribution < -0.4 is 5.63 Å². The second-order valence-electron chi connectivity index (χ2n) is 7.32. The fourth-order valence-electron chi connectivity index (χ4n) is 3.05. The molecule has 0 amide bonds. The lowest BCUT2D eigenvalue weighted by molar-refractivity contribution is -0.0509. The van der Waals surface area contributed by atoms with Crippen molar-refractivity contribution in [3.8, 4) is 0 Å². The summed E-state index contributed by atoms with van der Waals surface area (Å²) in [6.07, 6.45) is 4.81. The van der Waals surface area contributed by atoms with E-state index in [4.69, 9.17) is 8.83 Å². The summed E-state index contributed by atoms with van der Waals surface area (Å²) in [6.45, 7) is 5.22. The van der Waals surface area contributed by atoms with Crippen LogP contribution in [0.3, 0.4) is 0 Å². The van der Waals surface area contributed by atoms with E-state index in [0.717, 1.165) is 21.9 Å². The Morgan fingerprint density at radius 3 is 2.69 bits per heavy atom. The van der Waals surface area contributed by atoms with Gasteiger partial charge >= 0.3 is 5.63 Å². The van der Waals surface area contributed by atoms with Crippen LogP contribution in [0.1, 0.15) is 39.2 Å². The van der Waals surface area contributed by atoms with Crippen molar-refractivity contribution in [2.75, 3.05) is 0 Å². The van der Waals surface area contributed by atoms with E-state index in [1.165, 1.54) is 6.07 Å². The van der Waals surface area contributed by atoms with Crippen molar-refractivity contribution in [1.29, 1.82) is 0 Å². The predicted octanol–water partition coefficient (Wildman–Crippen LogP) is 3.94.